The molecular formula is C13H21NO3. The number of allylic oxidation sites excluding steroid dienone is 4. The van der Waals surface area contributed by atoms with Gasteiger partial charge in [-0.15, -0.1) is 0 Å². The van der Waals surface area contributed by atoms with Gasteiger partial charge in [-0.05, 0) is 44.6 Å². The smallest absolute Gasteiger partial charge is 0.220 e. The van der Waals surface area contributed by atoms with Gasteiger partial charge >= 0.3 is 0 Å². The van der Waals surface area contributed by atoms with E-state index in [1.54, 1.807) is 18.4 Å². The predicted molar refractivity (Wildman–Crippen MR) is 67.4 cm³/mol. The number of nitrogens with zero attached hydrogens (tertiary/aromatic N) is 1. The predicted octanol–water partition coefficient (Wildman–Crippen LogP) is 2.67. The molecule has 0 spiro atoms. The summed E-state index contributed by atoms with van der Waals surface area (Å²) in [6.45, 7) is 5.63. The highest BCUT2D eigenvalue weighted by Crippen LogP contribution is 2.17. The Morgan fingerprint density at radius 2 is 1.94 bits per heavy atom. The Hall–Kier alpha value is -1.55. The molecule has 0 unspecified atom stereocenters. The maximum absolute atomic E-state index is 11.3. The van der Waals surface area contributed by atoms with Crippen LogP contribution in [-0.2, 0) is 9.53 Å². The van der Waals surface area contributed by atoms with E-state index in [-0.39, 0.29) is 24.5 Å². The van der Waals surface area contributed by atoms with Crippen molar-refractivity contribution in [1.29, 1.82) is 0 Å². The molecule has 1 rings (SSSR count). The molecule has 0 heterocycles. The standard InChI is InChI=1S/C12H17NO3.CH4/c1-12(2,3)13(15)8-9-5-6-10(14)11(7-9)16-4;/h5-8,15H,1-4H3;1H4. The minimum atomic E-state index is -0.386. The minimum absolute atomic E-state index is 0. The van der Waals surface area contributed by atoms with E-state index in [0.717, 1.165) is 5.06 Å². The van der Waals surface area contributed by atoms with E-state index >= 15 is 0 Å². The van der Waals surface area contributed by atoms with Crippen LogP contribution in [0.3, 0.4) is 0 Å². The van der Waals surface area contributed by atoms with Crippen molar-refractivity contribution >= 4 is 5.78 Å². The molecule has 1 aliphatic rings. The van der Waals surface area contributed by atoms with Crippen LogP contribution in [0.25, 0.3) is 0 Å². The van der Waals surface area contributed by atoms with Crippen molar-refractivity contribution in [2.24, 2.45) is 0 Å². The van der Waals surface area contributed by atoms with Crippen molar-refractivity contribution in [3.05, 3.63) is 35.8 Å². The lowest BCUT2D eigenvalue weighted by molar-refractivity contribution is -0.114. The van der Waals surface area contributed by atoms with Crippen molar-refractivity contribution in [3.63, 3.8) is 0 Å². The first-order chi connectivity index (χ1) is 7.34. The number of ether oxygens (including phenoxy) is 1. The quantitative estimate of drug-likeness (QED) is 0.753. The zero-order chi connectivity index (χ0) is 12.3. The maximum atomic E-state index is 11.3. The fraction of sp³-hybridized carbons (Fsp3) is 0.462. The molecule has 0 atom stereocenters. The van der Waals surface area contributed by atoms with Gasteiger partial charge in [-0.1, -0.05) is 7.43 Å². The third-order valence-electron chi connectivity index (χ3n) is 2.15. The molecule has 0 radical (unpaired) electrons. The van der Waals surface area contributed by atoms with E-state index in [4.69, 9.17) is 4.74 Å². The maximum Gasteiger partial charge on any atom is 0.220 e. The lowest BCUT2D eigenvalue weighted by atomic mass is 10.1. The first-order valence-corrected chi connectivity index (χ1v) is 5.03. The van der Waals surface area contributed by atoms with Gasteiger partial charge in [-0.3, -0.25) is 15.1 Å². The number of hydrogen-bond acceptors (Lipinski definition) is 4. The zero-order valence-electron chi connectivity index (χ0n) is 10.0. The van der Waals surface area contributed by atoms with Gasteiger partial charge < -0.3 is 4.74 Å². The fourth-order valence-corrected chi connectivity index (χ4v) is 1.10. The highest BCUT2D eigenvalue weighted by atomic mass is 16.5. The van der Waals surface area contributed by atoms with Crippen LogP contribution < -0.4 is 0 Å². The topological polar surface area (TPSA) is 49.8 Å². The minimum Gasteiger partial charge on any atom is -0.493 e. The molecule has 0 aromatic carbocycles. The number of rotatable bonds is 2. The normalized spacial score (nSPS) is 17.6. The van der Waals surface area contributed by atoms with Crippen molar-refractivity contribution in [2.45, 2.75) is 33.7 Å². The summed E-state index contributed by atoms with van der Waals surface area (Å²) in [5.41, 5.74) is 0.331. The van der Waals surface area contributed by atoms with Crippen LogP contribution in [0.4, 0.5) is 0 Å². The van der Waals surface area contributed by atoms with Crippen molar-refractivity contribution in [3.8, 4) is 0 Å². The second-order valence-corrected chi connectivity index (χ2v) is 4.55. The number of ketones is 1. The average molecular weight is 239 g/mol. The number of hydroxylamine groups is 2. The third kappa shape index (κ3) is 4.07. The first kappa shape index (κ1) is 15.4. The van der Waals surface area contributed by atoms with Gasteiger partial charge in [-0.2, -0.15) is 0 Å². The lowest BCUT2D eigenvalue weighted by Crippen LogP contribution is -2.34. The van der Waals surface area contributed by atoms with Crippen molar-refractivity contribution in [1.82, 2.24) is 5.06 Å². The van der Waals surface area contributed by atoms with Gasteiger partial charge in [0.15, 0.2) is 5.76 Å². The second-order valence-electron chi connectivity index (χ2n) is 4.55. The molecular weight excluding hydrogens is 218 g/mol. The molecule has 1 aliphatic carbocycles. The number of carbonyl (C=O) groups is 1. The second kappa shape index (κ2) is 5.68. The fourth-order valence-electron chi connectivity index (χ4n) is 1.10. The zero-order valence-corrected chi connectivity index (χ0v) is 10.0. The molecule has 0 aromatic heterocycles. The van der Waals surface area contributed by atoms with E-state index in [0.29, 0.717) is 5.57 Å². The Kier molecular flexibility index (Phi) is 5.16. The molecule has 0 fully saturated rings. The van der Waals surface area contributed by atoms with Crippen LogP contribution >= 0.6 is 0 Å². The summed E-state index contributed by atoms with van der Waals surface area (Å²) >= 11 is 0. The third-order valence-corrected chi connectivity index (χ3v) is 2.15. The van der Waals surface area contributed by atoms with E-state index in [1.807, 2.05) is 20.8 Å². The Balaban J connectivity index is 0.00000256. The SMILES string of the molecule is C.COC1=CC(=CN(O)C(C)(C)C)C=CC1=O. The molecule has 17 heavy (non-hydrogen) atoms. The Morgan fingerprint density at radius 1 is 1.35 bits per heavy atom. The van der Waals surface area contributed by atoms with Gasteiger partial charge in [0.05, 0.1) is 12.6 Å². The summed E-state index contributed by atoms with van der Waals surface area (Å²) in [6, 6.07) is 0. The Bertz CT molecular complexity index is 373. The van der Waals surface area contributed by atoms with Crippen LogP contribution in [-0.4, -0.2) is 28.7 Å². The van der Waals surface area contributed by atoms with Gasteiger partial charge in [0, 0.05) is 6.20 Å². The van der Waals surface area contributed by atoms with Crippen LogP contribution in [0.15, 0.2) is 35.8 Å². The molecule has 4 heteroatoms. The summed E-state index contributed by atoms with van der Waals surface area (Å²) in [5.74, 6) is 0.107. The van der Waals surface area contributed by atoms with E-state index in [9.17, 15) is 10.0 Å². The summed E-state index contributed by atoms with van der Waals surface area (Å²) in [7, 11) is 1.45. The van der Waals surface area contributed by atoms with Crippen molar-refractivity contribution in [2.75, 3.05) is 7.11 Å². The first-order valence-electron chi connectivity index (χ1n) is 5.03. The van der Waals surface area contributed by atoms with Gasteiger partial charge in [0.1, 0.15) is 0 Å². The van der Waals surface area contributed by atoms with Gasteiger partial charge in [-0.25, -0.2) is 0 Å². The summed E-state index contributed by atoms with van der Waals surface area (Å²) in [4.78, 5) is 11.3. The van der Waals surface area contributed by atoms with Crippen LogP contribution in [0.1, 0.15) is 28.2 Å². The largest absolute Gasteiger partial charge is 0.493 e. The van der Waals surface area contributed by atoms with Crippen LogP contribution in [0.5, 0.6) is 0 Å². The molecule has 0 saturated carbocycles. The lowest BCUT2D eigenvalue weighted by Gasteiger charge is -2.28. The molecule has 96 valence electrons. The van der Waals surface area contributed by atoms with Crippen LogP contribution in [0, 0.1) is 0 Å². The molecule has 0 aromatic rings. The highest BCUT2D eigenvalue weighted by Gasteiger charge is 2.18. The number of hydrogen-bond donors (Lipinski definition) is 1. The Morgan fingerprint density at radius 3 is 2.41 bits per heavy atom. The molecule has 0 bridgehead atoms. The van der Waals surface area contributed by atoms with Gasteiger partial charge in [0.2, 0.25) is 5.78 Å². The number of carbonyl (C=O) groups excluding carboxylic acids is 1. The molecule has 4 nitrogen and oxygen atoms in total. The van der Waals surface area contributed by atoms with Crippen molar-refractivity contribution < 1.29 is 14.7 Å². The molecule has 0 saturated heterocycles. The molecule has 1 N–H and O–H groups in total. The summed E-state index contributed by atoms with van der Waals surface area (Å²) in [5, 5.41) is 10.8. The average Bonchev–Trinajstić information content (AvgIpc) is 2.19. The molecule has 0 aliphatic heterocycles. The number of methoxy groups -OCH3 is 1. The van der Waals surface area contributed by atoms with E-state index < -0.39 is 0 Å². The van der Waals surface area contributed by atoms with Gasteiger partial charge in [0.25, 0.3) is 0 Å². The monoisotopic (exact) mass is 239 g/mol. The summed E-state index contributed by atoms with van der Waals surface area (Å²) in [6.07, 6.45) is 6.21. The van der Waals surface area contributed by atoms with Crippen LogP contribution in [0.2, 0.25) is 0 Å². The summed E-state index contributed by atoms with van der Waals surface area (Å²) < 4.78 is 4.92. The Labute approximate surface area is 103 Å². The van der Waals surface area contributed by atoms with E-state index in [2.05, 4.69) is 0 Å². The molecule has 0 amide bonds. The van der Waals surface area contributed by atoms with E-state index in [1.165, 1.54) is 13.2 Å². The highest BCUT2D eigenvalue weighted by molar-refractivity contribution is 6.04.